The molecule has 7 heteroatoms. The summed E-state index contributed by atoms with van der Waals surface area (Å²) in [4.78, 5) is 12.7. The molecule has 0 amide bonds. The summed E-state index contributed by atoms with van der Waals surface area (Å²) >= 11 is 0. The lowest BCUT2D eigenvalue weighted by molar-refractivity contribution is -0.140. The summed E-state index contributed by atoms with van der Waals surface area (Å²) in [7, 11) is 1.54. The molecule has 0 heterocycles. The summed E-state index contributed by atoms with van der Waals surface area (Å²) in [6.07, 6.45) is 0.191. The van der Waals surface area contributed by atoms with Gasteiger partial charge in [0.1, 0.15) is 16.7 Å². The maximum atomic E-state index is 13.0. The Morgan fingerprint density at radius 2 is 1.44 bits per heavy atom. The normalized spacial score (nSPS) is 12.5. The first-order valence-corrected chi connectivity index (χ1v) is 12.0. The van der Waals surface area contributed by atoms with Crippen LogP contribution in [0.2, 0.25) is 0 Å². The summed E-state index contributed by atoms with van der Waals surface area (Å²) in [6.45, 7) is 0. The molecule has 0 saturated carbocycles. The molecular weight excluding hydrogens is 448 g/mol. The Kier molecular flexibility index (Phi) is 7.44. The molecule has 0 bridgehead atoms. The van der Waals surface area contributed by atoms with E-state index in [0.717, 1.165) is 27.7 Å². The van der Waals surface area contributed by atoms with Crippen molar-refractivity contribution in [2.75, 3.05) is 24.3 Å². The molecular formula is C27H26N2O4S. The van der Waals surface area contributed by atoms with Crippen LogP contribution in [0.1, 0.15) is 18.0 Å². The van der Waals surface area contributed by atoms with Gasteiger partial charge in [0.2, 0.25) is 0 Å². The molecule has 0 aromatic heterocycles. The van der Waals surface area contributed by atoms with Gasteiger partial charge in [0, 0.05) is 16.5 Å². The second-order valence-corrected chi connectivity index (χ2v) is 8.85. The second kappa shape index (κ2) is 10.9. The SMILES string of the molecule is COC(=O)C[C@H](Nc1ccc(NS(=O)c2ccc(OC)cc2)c2ccccc12)c1ccccc1. The van der Waals surface area contributed by atoms with Crippen LogP contribution in [0.4, 0.5) is 11.4 Å². The minimum Gasteiger partial charge on any atom is -0.497 e. The Morgan fingerprint density at radius 3 is 2.09 bits per heavy atom. The van der Waals surface area contributed by atoms with Crippen LogP contribution in [-0.4, -0.2) is 24.4 Å². The van der Waals surface area contributed by atoms with E-state index in [9.17, 15) is 9.00 Å². The predicted molar refractivity (Wildman–Crippen MR) is 136 cm³/mol. The smallest absolute Gasteiger partial charge is 0.307 e. The van der Waals surface area contributed by atoms with Crippen molar-refractivity contribution in [2.24, 2.45) is 0 Å². The molecule has 0 aliphatic rings. The molecule has 174 valence electrons. The van der Waals surface area contributed by atoms with Crippen LogP contribution in [0.3, 0.4) is 0 Å². The molecule has 0 radical (unpaired) electrons. The molecule has 4 aromatic rings. The molecule has 6 nitrogen and oxygen atoms in total. The molecule has 0 spiro atoms. The number of carbonyl (C=O) groups excluding carboxylic acids is 1. The molecule has 0 aliphatic carbocycles. The number of hydrogen-bond acceptors (Lipinski definition) is 5. The minimum absolute atomic E-state index is 0.191. The number of esters is 1. The standard InChI is InChI=1S/C27H26N2O4S/c1-32-20-12-14-21(15-13-20)34(31)29-25-17-16-24(22-10-6-7-11-23(22)25)28-26(18-27(30)33-2)19-8-4-3-5-9-19/h3-17,26,28-29H,18H2,1-2H3/t26-,34?/m0/s1. The number of rotatable bonds is 9. The van der Waals surface area contributed by atoms with Gasteiger partial charge < -0.3 is 19.5 Å². The van der Waals surface area contributed by atoms with Gasteiger partial charge in [-0.15, -0.1) is 0 Å². The van der Waals surface area contributed by atoms with E-state index in [0.29, 0.717) is 10.6 Å². The Labute approximate surface area is 201 Å². The molecule has 0 fully saturated rings. The number of nitrogens with one attached hydrogen (secondary N) is 2. The molecule has 2 N–H and O–H groups in total. The summed E-state index contributed by atoms with van der Waals surface area (Å²) in [5.41, 5.74) is 2.61. The van der Waals surface area contributed by atoms with Gasteiger partial charge in [-0.1, -0.05) is 54.6 Å². The van der Waals surface area contributed by atoms with E-state index >= 15 is 0 Å². The first kappa shape index (κ1) is 23.3. The van der Waals surface area contributed by atoms with Crippen LogP contribution in [-0.2, 0) is 20.5 Å². The predicted octanol–water partition coefficient (Wildman–Crippen LogP) is 5.70. The van der Waals surface area contributed by atoms with Gasteiger partial charge in [-0.25, -0.2) is 4.21 Å². The van der Waals surface area contributed by atoms with Crippen molar-refractivity contribution in [3.8, 4) is 5.75 Å². The first-order chi connectivity index (χ1) is 16.6. The number of carbonyl (C=O) groups is 1. The maximum Gasteiger partial charge on any atom is 0.307 e. The molecule has 0 saturated heterocycles. The third-order valence-corrected chi connectivity index (χ3v) is 6.64. The van der Waals surface area contributed by atoms with Crippen molar-refractivity contribution in [1.29, 1.82) is 0 Å². The molecule has 1 unspecified atom stereocenters. The van der Waals surface area contributed by atoms with E-state index in [1.807, 2.05) is 66.7 Å². The van der Waals surface area contributed by atoms with Gasteiger partial charge in [-0.05, 0) is 42.0 Å². The van der Waals surface area contributed by atoms with Crippen molar-refractivity contribution in [1.82, 2.24) is 0 Å². The van der Waals surface area contributed by atoms with E-state index < -0.39 is 11.0 Å². The average Bonchev–Trinajstić information content (AvgIpc) is 2.90. The topological polar surface area (TPSA) is 76.7 Å². The number of hydrogen-bond donors (Lipinski definition) is 2. The van der Waals surface area contributed by atoms with E-state index in [1.54, 1.807) is 31.4 Å². The number of benzene rings is 4. The Morgan fingerprint density at radius 1 is 0.824 bits per heavy atom. The summed E-state index contributed by atoms with van der Waals surface area (Å²) in [6, 6.07) is 28.4. The van der Waals surface area contributed by atoms with Crippen molar-refractivity contribution >= 4 is 39.1 Å². The highest BCUT2D eigenvalue weighted by Crippen LogP contribution is 2.34. The van der Waals surface area contributed by atoms with Crippen LogP contribution < -0.4 is 14.8 Å². The largest absolute Gasteiger partial charge is 0.497 e. The average molecular weight is 475 g/mol. The van der Waals surface area contributed by atoms with Gasteiger partial charge >= 0.3 is 5.97 Å². The zero-order valence-corrected chi connectivity index (χ0v) is 19.8. The van der Waals surface area contributed by atoms with Crippen molar-refractivity contribution < 1.29 is 18.5 Å². The molecule has 4 aromatic carbocycles. The number of ether oxygens (including phenoxy) is 2. The number of fused-ring (bicyclic) bond motifs is 1. The Balaban J connectivity index is 1.64. The van der Waals surface area contributed by atoms with Crippen LogP contribution in [0.5, 0.6) is 5.75 Å². The van der Waals surface area contributed by atoms with Gasteiger partial charge in [0.05, 0.1) is 37.3 Å². The highest BCUT2D eigenvalue weighted by molar-refractivity contribution is 7.86. The quantitative estimate of drug-likeness (QED) is 0.304. The van der Waals surface area contributed by atoms with Crippen LogP contribution in [0.25, 0.3) is 10.8 Å². The fraction of sp³-hybridized carbons (Fsp3) is 0.148. The van der Waals surface area contributed by atoms with E-state index in [1.165, 1.54) is 7.11 Å². The molecule has 0 aliphatic heterocycles. The highest BCUT2D eigenvalue weighted by Gasteiger charge is 2.18. The summed E-state index contributed by atoms with van der Waals surface area (Å²) in [5.74, 6) is 0.417. The van der Waals surface area contributed by atoms with E-state index in [-0.39, 0.29) is 18.4 Å². The number of anilines is 2. The second-order valence-electron chi connectivity index (χ2n) is 7.64. The van der Waals surface area contributed by atoms with Crippen molar-refractivity contribution in [2.45, 2.75) is 17.4 Å². The number of methoxy groups -OCH3 is 2. The molecule has 2 atom stereocenters. The van der Waals surface area contributed by atoms with Gasteiger partial charge in [0.15, 0.2) is 0 Å². The third kappa shape index (κ3) is 5.38. The third-order valence-electron chi connectivity index (χ3n) is 5.53. The van der Waals surface area contributed by atoms with Gasteiger partial charge in [-0.2, -0.15) is 0 Å². The lowest BCUT2D eigenvalue weighted by Crippen LogP contribution is -2.16. The van der Waals surface area contributed by atoms with Gasteiger partial charge in [-0.3, -0.25) is 4.79 Å². The summed E-state index contributed by atoms with van der Waals surface area (Å²) in [5, 5.41) is 5.38. The minimum atomic E-state index is -1.44. The van der Waals surface area contributed by atoms with Gasteiger partial charge in [0.25, 0.3) is 0 Å². The zero-order valence-electron chi connectivity index (χ0n) is 19.0. The fourth-order valence-corrected chi connectivity index (χ4v) is 4.63. The molecule has 4 rings (SSSR count). The lowest BCUT2D eigenvalue weighted by atomic mass is 10.0. The lowest BCUT2D eigenvalue weighted by Gasteiger charge is -2.21. The highest BCUT2D eigenvalue weighted by atomic mass is 32.2. The molecule has 34 heavy (non-hydrogen) atoms. The van der Waals surface area contributed by atoms with E-state index in [2.05, 4.69) is 10.0 Å². The Hall–Kier alpha value is -3.84. The zero-order chi connectivity index (χ0) is 23.9. The van der Waals surface area contributed by atoms with Crippen LogP contribution >= 0.6 is 0 Å². The van der Waals surface area contributed by atoms with E-state index in [4.69, 9.17) is 9.47 Å². The fourth-order valence-electron chi connectivity index (χ4n) is 3.75. The van der Waals surface area contributed by atoms with Crippen LogP contribution in [0, 0.1) is 0 Å². The maximum absolute atomic E-state index is 13.0. The van der Waals surface area contributed by atoms with Crippen molar-refractivity contribution in [3.63, 3.8) is 0 Å². The van der Waals surface area contributed by atoms with Crippen molar-refractivity contribution in [3.05, 3.63) is 96.6 Å². The van der Waals surface area contributed by atoms with Crippen LogP contribution in [0.15, 0.2) is 95.9 Å². The Bertz CT molecular complexity index is 1290. The monoisotopic (exact) mass is 474 g/mol. The summed E-state index contributed by atoms with van der Waals surface area (Å²) < 4.78 is 26.2. The first-order valence-electron chi connectivity index (χ1n) is 10.8.